The van der Waals surface area contributed by atoms with Gasteiger partial charge in [-0.05, 0) is 35.9 Å². The second-order valence-corrected chi connectivity index (χ2v) is 6.67. The Morgan fingerprint density at radius 1 is 1.00 bits per heavy atom. The average Bonchev–Trinajstić information content (AvgIpc) is 2.76. The van der Waals surface area contributed by atoms with Crippen molar-refractivity contribution in [3.05, 3.63) is 58.9 Å². The maximum absolute atomic E-state index is 13.3. The van der Waals surface area contributed by atoms with Gasteiger partial charge in [0.25, 0.3) is 21.8 Å². The number of Topliss-reactive ketones (excluding diaryl/α,β-unsaturated/α-hetero) is 1. The number of amides is 1. The summed E-state index contributed by atoms with van der Waals surface area (Å²) >= 11 is 0. The maximum atomic E-state index is 13.3. The molecule has 1 N–H and O–H groups in total. The third kappa shape index (κ3) is 3.55. The topological polar surface area (TPSA) is 91.8 Å². The van der Waals surface area contributed by atoms with Crippen molar-refractivity contribution in [1.82, 2.24) is 0 Å². The summed E-state index contributed by atoms with van der Waals surface area (Å²) in [6, 6.07) is 4.27. The molecule has 0 bridgehead atoms. The molecule has 1 heterocycles. The van der Waals surface area contributed by atoms with Crippen molar-refractivity contribution in [1.29, 1.82) is 0 Å². The molecule has 132 valence electrons. The van der Waals surface area contributed by atoms with Crippen molar-refractivity contribution < 1.29 is 35.7 Å². The van der Waals surface area contributed by atoms with Crippen molar-refractivity contribution >= 4 is 57.1 Å². The number of benzene rings is 2. The first-order chi connectivity index (χ1) is 11.6. The van der Waals surface area contributed by atoms with Gasteiger partial charge in [0.15, 0.2) is 17.5 Å². The molecule has 6 nitrogen and oxygen atoms in total. The number of anilines is 1. The van der Waals surface area contributed by atoms with E-state index in [-0.39, 0.29) is 46.4 Å². The Labute approximate surface area is 167 Å². The van der Waals surface area contributed by atoms with E-state index in [4.69, 9.17) is 4.55 Å². The van der Waals surface area contributed by atoms with Gasteiger partial charge in [0.1, 0.15) is 0 Å². The van der Waals surface area contributed by atoms with Gasteiger partial charge in [-0.1, -0.05) is 0 Å². The molecule has 11 heteroatoms. The summed E-state index contributed by atoms with van der Waals surface area (Å²) in [5, 5.41) is 0. The van der Waals surface area contributed by atoms with Crippen LogP contribution in [0.25, 0.3) is 0 Å². The minimum atomic E-state index is -4.58. The van der Waals surface area contributed by atoms with E-state index < -0.39 is 50.7 Å². The van der Waals surface area contributed by atoms with Gasteiger partial charge in [0.05, 0.1) is 22.7 Å². The number of rotatable bonds is 3. The fourth-order valence-electron chi connectivity index (χ4n) is 2.48. The Morgan fingerprint density at radius 2 is 1.58 bits per heavy atom. The monoisotopic (exact) mass is 395 g/mol. The summed E-state index contributed by atoms with van der Waals surface area (Å²) < 4.78 is 70.8. The van der Waals surface area contributed by atoms with E-state index >= 15 is 0 Å². The van der Waals surface area contributed by atoms with Crippen LogP contribution in [0.3, 0.4) is 0 Å². The molecule has 0 fully saturated rings. The molecule has 3 rings (SSSR count). The number of hydrogen-bond acceptors (Lipinski definition) is 4. The van der Waals surface area contributed by atoms with Crippen LogP contribution in [0.2, 0.25) is 0 Å². The van der Waals surface area contributed by atoms with E-state index in [1.165, 1.54) is 0 Å². The zero-order valence-corrected chi connectivity index (χ0v) is 13.0. The number of hydrogen-bond donors (Lipinski definition) is 1. The first-order valence-electron chi connectivity index (χ1n) is 6.70. The summed E-state index contributed by atoms with van der Waals surface area (Å²) in [4.78, 5) is 24.4. The fraction of sp³-hybridized carbons (Fsp3) is 0.0667. The van der Waals surface area contributed by atoms with E-state index in [9.17, 15) is 31.2 Å². The zero-order valence-electron chi connectivity index (χ0n) is 12.2. The van der Waals surface area contributed by atoms with E-state index in [1.54, 1.807) is 0 Å². The van der Waals surface area contributed by atoms with Crippen LogP contribution in [0.4, 0.5) is 18.9 Å². The van der Waals surface area contributed by atoms with Crippen LogP contribution >= 0.6 is 0 Å². The molecule has 1 aliphatic heterocycles. The molecule has 1 amide bonds. The molecule has 2 aromatic rings. The van der Waals surface area contributed by atoms with Gasteiger partial charge in [-0.25, -0.2) is 13.2 Å². The van der Waals surface area contributed by atoms with E-state index in [0.717, 1.165) is 23.1 Å². The summed E-state index contributed by atoms with van der Waals surface area (Å²) in [7, 11) is -4.58. The quantitative estimate of drug-likeness (QED) is 0.368. The molecule has 0 radical (unpaired) electrons. The number of ketones is 1. The van der Waals surface area contributed by atoms with Crippen LogP contribution in [-0.2, 0) is 21.5 Å². The first-order valence-corrected chi connectivity index (χ1v) is 8.15. The summed E-state index contributed by atoms with van der Waals surface area (Å²) in [6.45, 7) is -0.434. The van der Waals surface area contributed by atoms with Crippen LogP contribution in [0.15, 0.2) is 35.2 Å². The number of halogens is 3. The molecule has 0 aliphatic carbocycles. The molecule has 0 atom stereocenters. The predicted molar refractivity (Wildman–Crippen MR) is 85.2 cm³/mol. The van der Waals surface area contributed by atoms with Crippen LogP contribution in [0, 0.1) is 17.5 Å². The molecule has 2 aromatic carbocycles. The second-order valence-electron chi connectivity index (χ2n) is 5.25. The van der Waals surface area contributed by atoms with Gasteiger partial charge in [-0.2, -0.15) is 8.42 Å². The fourth-order valence-corrected chi connectivity index (χ4v) is 2.99. The Morgan fingerprint density at radius 3 is 2.12 bits per heavy atom. The Kier molecular flexibility index (Phi) is 5.64. The molecule has 0 saturated carbocycles. The summed E-state index contributed by atoms with van der Waals surface area (Å²) in [5.41, 5.74) is -0.375. The SMILES string of the molecule is O=C1C(=O)N(Cc2cc(F)c(F)c(F)c2)c2ccc(S(=O)(=O)O)cc21.[NaH]. The van der Waals surface area contributed by atoms with Crippen molar-refractivity contribution in [2.45, 2.75) is 11.4 Å². The van der Waals surface area contributed by atoms with Gasteiger partial charge >= 0.3 is 29.6 Å². The summed E-state index contributed by atoms with van der Waals surface area (Å²) in [6.07, 6.45) is 0. The van der Waals surface area contributed by atoms with Crippen LogP contribution in [0.5, 0.6) is 0 Å². The van der Waals surface area contributed by atoms with E-state index in [1.807, 2.05) is 0 Å². The van der Waals surface area contributed by atoms with E-state index in [0.29, 0.717) is 12.1 Å². The van der Waals surface area contributed by atoms with Crippen LogP contribution in [-0.4, -0.2) is 54.2 Å². The number of fused-ring (bicyclic) bond motifs is 1. The molecule has 0 saturated heterocycles. The zero-order chi connectivity index (χ0) is 18.5. The van der Waals surface area contributed by atoms with Gasteiger partial charge in [-0.3, -0.25) is 14.1 Å². The van der Waals surface area contributed by atoms with Crippen LogP contribution < -0.4 is 4.90 Å². The molecule has 0 aromatic heterocycles. The molecule has 26 heavy (non-hydrogen) atoms. The number of carbonyl (C=O) groups excluding carboxylic acids is 2. The van der Waals surface area contributed by atoms with Crippen LogP contribution in [0.1, 0.15) is 15.9 Å². The van der Waals surface area contributed by atoms with Gasteiger partial charge in [-0.15, -0.1) is 0 Å². The molecule has 0 spiro atoms. The van der Waals surface area contributed by atoms with Crippen molar-refractivity contribution in [3.63, 3.8) is 0 Å². The Hall–Kier alpha value is -1.72. The van der Waals surface area contributed by atoms with Gasteiger partial charge in [0.2, 0.25) is 0 Å². The van der Waals surface area contributed by atoms with Crippen molar-refractivity contribution in [2.24, 2.45) is 0 Å². The number of carbonyl (C=O) groups is 2. The van der Waals surface area contributed by atoms with Gasteiger partial charge in [0, 0.05) is 0 Å². The predicted octanol–water partition coefficient (Wildman–Crippen LogP) is 1.43. The Balaban J connectivity index is 0.00000243. The average molecular weight is 395 g/mol. The standard InChI is InChI=1S/C15H8F3NO5S.Na.H/c16-10-3-7(4-11(17)13(10)18)6-19-12-2-1-8(25(22,23)24)5-9(12)14(20)15(19)21;;/h1-5H,6H2,(H,22,23,24);;. The normalized spacial score (nSPS) is 13.6. The Bertz CT molecular complexity index is 1020. The molecular weight excluding hydrogens is 386 g/mol. The van der Waals surface area contributed by atoms with Gasteiger partial charge < -0.3 is 4.90 Å². The summed E-state index contributed by atoms with van der Waals surface area (Å²) in [5.74, 6) is -6.65. The first kappa shape index (κ1) is 20.6. The molecule has 0 unspecified atom stereocenters. The van der Waals surface area contributed by atoms with Crippen molar-refractivity contribution in [3.8, 4) is 0 Å². The third-order valence-electron chi connectivity index (χ3n) is 3.62. The molecule has 1 aliphatic rings. The molecular formula is C15H9F3NNaO5S. The third-order valence-corrected chi connectivity index (χ3v) is 4.47. The number of nitrogens with zero attached hydrogens (tertiary/aromatic N) is 1. The second kappa shape index (κ2) is 7.12. The minimum absolute atomic E-state index is 0. The van der Waals surface area contributed by atoms with E-state index in [2.05, 4.69) is 0 Å². The van der Waals surface area contributed by atoms with Crippen molar-refractivity contribution in [2.75, 3.05) is 4.90 Å².